The van der Waals surface area contributed by atoms with Gasteiger partial charge in [0.2, 0.25) is 0 Å². The van der Waals surface area contributed by atoms with Gasteiger partial charge in [0.15, 0.2) is 18.1 Å². The molecule has 0 bridgehead atoms. The summed E-state index contributed by atoms with van der Waals surface area (Å²) in [4.78, 5) is 36.8. The number of methoxy groups -OCH3 is 1. The van der Waals surface area contributed by atoms with Gasteiger partial charge in [-0.1, -0.05) is 37.0 Å². The molecule has 2 aromatic carbocycles. The number of hydrazone groups is 1. The van der Waals surface area contributed by atoms with Crippen molar-refractivity contribution in [3.8, 4) is 11.5 Å². The SMILES string of the molecule is CCOC(=O)COc1ccc(/C=N/NC(=O)C(NC(=O)c2ccc(Cl)cc2Cl)C(C)C)cc1OC. The van der Waals surface area contributed by atoms with Crippen LogP contribution in [0.15, 0.2) is 41.5 Å². The molecule has 1 unspecified atom stereocenters. The molecule has 188 valence electrons. The molecule has 0 fully saturated rings. The van der Waals surface area contributed by atoms with Crippen molar-refractivity contribution in [2.24, 2.45) is 11.0 Å². The average Bonchev–Trinajstić information content (AvgIpc) is 2.81. The highest BCUT2D eigenvalue weighted by Gasteiger charge is 2.25. The molecule has 35 heavy (non-hydrogen) atoms. The molecule has 0 radical (unpaired) electrons. The quantitative estimate of drug-likeness (QED) is 0.262. The molecule has 2 rings (SSSR count). The van der Waals surface area contributed by atoms with Crippen LogP contribution in [0.25, 0.3) is 0 Å². The monoisotopic (exact) mass is 523 g/mol. The summed E-state index contributed by atoms with van der Waals surface area (Å²) in [6.07, 6.45) is 1.41. The summed E-state index contributed by atoms with van der Waals surface area (Å²) in [6, 6.07) is 8.52. The summed E-state index contributed by atoms with van der Waals surface area (Å²) < 4.78 is 15.5. The minimum absolute atomic E-state index is 0.180. The predicted molar refractivity (Wildman–Crippen MR) is 133 cm³/mol. The molecule has 0 spiro atoms. The van der Waals surface area contributed by atoms with E-state index in [0.717, 1.165) is 0 Å². The lowest BCUT2D eigenvalue weighted by molar-refractivity contribution is -0.145. The maximum Gasteiger partial charge on any atom is 0.344 e. The summed E-state index contributed by atoms with van der Waals surface area (Å²) in [5.41, 5.74) is 3.23. The van der Waals surface area contributed by atoms with E-state index in [0.29, 0.717) is 22.1 Å². The molecule has 0 saturated heterocycles. The Hall–Kier alpha value is -3.30. The Morgan fingerprint density at radius 1 is 1.09 bits per heavy atom. The minimum atomic E-state index is -0.861. The van der Waals surface area contributed by atoms with Gasteiger partial charge in [-0.3, -0.25) is 9.59 Å². The maximum absolute atomic E-state index is 12.7. The number of halogens is 2. The molecular formula is C24H27Cl2N3O6. The van der Waals surface area contributed by atoms with Crippen LogP contribution < -0.4 is 20.2 Å². The second-order valence-electron chi connectivity index (χ2n) is 7.56. The zero-order valence-corrected chi connectivity index (χ0v) is 21.3. The third-order valence-corrected chi connectivity index (χ3v) is 5.19. The van der Waals surface area contributed by atoms with Crippen LogP contribution >= 0.6 is 23.2 Å². The van der Waals surface area contributed by atoms with Crippen LogP contribution in [0, 0.1) is 5.92 Å². The highest BCUT2D eigenvalue weighted by molar-refractivity contribution is 6.36. The first-order valence-electron chi connectivity index (χ1n) is 10.7. The molecule has 9 nitrogen and oxygen atoms in total. The van der Waals surface area contributed by atoms with E-state index in [1.54, 1.807) is 45.0 Å². The van der Waals surface area contributed by atoms with Gasteiger partial charge < -0.3 is 19.5 Å². The number of carbonyl (C=O) groups is 3. The number of benzene rings is 2. The fraction of sp³-hybridized carbons (Fsp3) is 0.333. The average molecular weight is 524 g/mol. The van der Waals surface area contributed by atoms with Crippen LogP contribution in [-0.4, -0.2) is 50.4 Å². The highest BCUT2D eigenvalue weighted by atomic mass is 35.5. The van der Waals surface area contributed by atoms with E-state index in [2.05, 4.69) is 15.8 Å². The lowest BCUT2D eigenvalue weighted by Gasteiger charge is -2.20. The highest BCUT2D eigenvalue weighted by Crippen LogP contribution is 2.27. The smallest absolute Gasteiger partial charge is 0.344 e. The number of nitrogens with one attached hydrogen (secondary N) is 2. The van der Waals surface area contributed by atoms with Crippen molar-refractivity contribution in [3.63, 3.8) is 0 Å². The molecule has 0 aromatic heterocycles. The molecule has 11 heteroatoms. The first-order valence-corrected chi connectivity index (χ1v) is 11.5. The van der Waals surface area contributed by atoms with Gasteiger partial charge in [-0.2, -0.15) is 5.10 Å². The van der Waals surface area contributed by atoms with Crippen molar-refractivity contribution >= 4 is 47.2 Å². The van der Waals surface area contributed by atoms with Gasteiger partial charge in [0, 0.05) is 5.02 Å². The van der Waals surface area contributed by atoms with E-state index in [9.17, 15) is 14.4 Å². The van der Waals surface area contributed by atoms with Gasteiger partial charge >= 0.3 is 5.97 Å². The fourth-order valence-corrected chi connectivity index (χ4v) is 3.38. The Morgan fingerprint density at radius 3 is 2.46 bits per heavy atom. The largest absolute Gasteiger partial charge is 0.493 e. The number of ether oxygens (including phenoxy) is 3. The van der Waals surface area contributed by atoms with Crippen LogP contribution in [0.2, 0.25) is 10.0 Å². The van der Waals surface area contributed by atoms with Crippen molar-refractivity contribution in [3.05, 3.63) is 57.6 Å². The zero-order valence-electron chi connectivity index (χ0n) is 19.8. The number of rotatable bonds is 11. The van der Waals surface area contributed by atoms with Crippen LogP contribution in [0.5, 0.6) is 11.5 Å². The number of hydrogen-bond acceptors (Lipinski definition) is 7. The predicted octanol–water partition coefficient (Wildman–Crippen LogP) is 3.85. The van der Waals surface area contributed by atoms with Crippen LogP contribution in [0.3, 0.4) is 0 Å². The molecule has 0 heterocycles. The van der Waals surface area contributed by atoms with Gasteiger partial charge in [-0.25, -0.2) is 10.2 Å². The Labute approximate surface area is 213 Å². The molecule has 2 aromatic rings. The minimum Gasteiger partial charge on any atom is -0.493 e. The van der Waals surface area contributed by atoms with Gasteiger partial charge in [0.25, 0.3) is 11.8 Å². The standard InChI is InChI=1S/C24H27Cl2N3O6/c1-5-34-21(30)13-35-19-9-6-15(10-20(19)33-4)12-27-29-24(32)22(14(2)3)28-23(31)17-8-7-16(25)11-18(17)26/h6-12,14,22H,5,13H2,1-4H3,(H,28,31)(H,29,32)/b27-12+. The van der Waals surface area contributed by atoms with E-state index in [-0.39, 0.29) is 29.7 Å². The van der Waals surface area contributed by atoms with Gasteiger partial charge in [-0.15, -0.1) is 0 Å². The molecule has 0 saturated carbocycles. The number of amides is 2. The molecular weight excluding hydrogens is 497 g/mol. The van der Waals surface area contributed by atoms with Gasteiger partial charge in [0.1, 0.15) is 6.04 Å². The summed E-state index contributed by atoms with van der Waals surface area (Å²) >= 11 is 12.0. The van der Waals surface area contributed by atoms with Crippen LogP contribution in [0.4, 0.5) is 0 Å². The molecule has 2 amide bonds. The van der Waals surface area contributed by atoms with Crippen LogP contribution in [-0.2, 0) is 14.3 Å². The van der Waals surface area contributed by atoms with Crippen molar-refractivity contribution in [2.45, 2.75) is 26.8 Å². The van der Waals surface area contributed by atoms with E-state index < -0.39 is 23.8 Å². The third-order valence-electron chi connectivity index (χ3n) is 4.64. The Morgan fingerprint density at radius 2 is 1.83 bits per heavy atom. The van der Waals surface area contributed by atoms with Crippen molar-refractivity contribution < 1.29 is 28.6 Å². The van der Waals surface area contributed by atoms with Crippen molar-refractivity contribution in [1.29, 1.82) is 0 Å². The Balaban J connectivity index is 2.03. The summed E-state index contributed by atoms with van der Waals surface area (Å²) in [5.74, 6) is -1.00. The second kappa shape index (κ2) is 13.6. The summed E-state index contributed by atoms with van der Waals surface area (Å²) in [7, 11) is 1.46. The molecule has 1 atom stereocenters. The first-order chi connectivity index (χ1) is 16.7. The summed E-state index contributed by atoms with van der Waals surface area (Å²) in [5, 5.41) is 7.22. The maximum atomic E-state index is 12.7. The lowest BCUT2D eigenvalue weighted by atomic mass is 10.0. The zero-order chi connectivity index (χ0) is 26.0. The fourth-order valence-electron chi connectivity index (χ4n) is 2.89. The van der Waals surface area contributed by atoms with Crippen molar-refractivity contribution in [2.75, 3.05) is 20.3 Å². The number of esters is 1. The normalized spacial score (nSPS) is 11.7. The van der Waals surface area contributed by atoms with Crippen LogP contribution in [0.1, 0.15) is 36.7 Å². The van der Waals surface area contributed by atoms with E-state index in [1.165, 1.54) is 25.5 Å². The lowest BCUT2D eigenvalue weighted by Crippen LogP contribution is -2.48. The van der Waals surface area contributed by atoms with E-state index in [4.69, 9.17) is 37.4 Å². The molecule has 2 N–H and O–H groups in total. The Bertz CT molecular complexity index is 1090. The molecule has 0 aliphatic rings. The number of carbonyl (C=O) groups excluding carboxylic acids is 3. The van der Waals surface area contributed by atoms with Gasteiger partial charge in [0.05, 0.1) is 30.5 Å². The number of hydrogen-bond donors (Lipinski definition) is 2. The Kier molecular flexibility index (Phi) is 10.8. The topological polar surface area (TPSA) is 115 Å². The first kappa shape index (κ1) is 27.9. The molecule has 0 aliphatic heterocycles. The number of nitrogens with zero attached hydrogens (tertiary/aromatic N) is 1. The van der Waals surface area contributed by atoms with Crippen molar-refractivity contribution in [1.82, 2.24) is 10.7 Å². The third kappa shape index (κ3) is 8.45. The molecule has 0 aliphatic carbocycles. The van der Waals surface area contributed by atoms with E-state index >= 15 is 0 Å². The summed E-state index contributed by atoms with van der Waals surface area (Å²) in [6.45, 7) is 5.29. The van der Waals surface area contributed by atoms with E-state index in [1.807, 2.05) is 0 Å². The van der Waals surface area contributed by atoms with Gasteiger partial charge in [-0.05, 0) is 54.8 Å². The second-order valence-corrected chi connectivity index (χ2v) is 8.40.